The van der Waals surface area contributed by atoms with E-state index in [2.05, 4.69) is 32.2 Å². The fourth-order valence-electron chi connectivity index (χ4n) is 5.12. The van der Waals surface area contributed by atoms with Crippen LogP contribution in [0.2, 0.25) is 0 Å². The summed E-state index contributed by atoms with van der Waals surface area (Å²) in [5.74, 6) is 0.0586. The minimum absolute atomic E-state index is 0.0586. The molecule has 2 heterocycles. The van der Waals surface area contributed by atoms with Gasteiger partial charge in [0, 0.05) is 63.6 Å². The van der Waals surface area contributed by atoms with Crippen LogP contribution in [-0.4, -0.2) is 58.6 Å². The lowest BCUT2D eigenvalue weighted by Gasteiger charge is -2.41. The number of hydrogen-bond acceptors (Lipinski definition) is 4. The van der Waals surface area contributed by atoms with Gasteiger partial charge in [0.15, 0.2) is 0 Å². The summed E-state index contributed by atoms with van der Waals surface area (Å²) in [7, 11) is 0. The molecule has 1 saturated heterocycles. The smallest absolute Gasteiger partial charge is 0.354 e. The number of carbonyl (C=O) groups is 1. The van der Waals surface area contributed by atoms with Crippen molar-refractivity contribution in [1.82, 2.24) is 20.1 Å². The van der Waals surface area contributed by atoms with E-state index in [-0.39, 0.29) is 23.6 Å². The molecule has 1 N–H and O–H groups in total. The SMILES string of the molecule is CC(C)NC(=O)CC1CN(Cc2ccncc2)CCN1Cc1ccc(-c2ccc(C(C)(C)C(F)(F)F)cc2)cc1. The molecule has 0 aliphatic carbocycles. The fraction of sp³-hybridized carbons (Fsp3) is 0.438. The number of rotatable bonds is 9. The van der Waals surface area contributed by atoms with Crippen LogP contribution < -0.4 is 5.32 Å². The van der Waals surface area contributed by atoms with Crippen molar-refractivity contribution in [3.8, 4) is 11.1 Å². The van der Waals surface area contributed by atoms with Gasteiger partial charge in [-0.3, -0.25) is 19.6 Å². The summed E-state index contributed by atoms with van der Waals surface area (Å²) in [5.41, 5.74) is 2.52. The molecular weight excluding hydrogens is 513 g/mol. The standard InChI is InChI=1S/C32H39F3N4O/c1-23(2)37-30(40)19-29-22-38(20-25-13-15-36-16-14-25)17-18-39(29)21-24-5-7-26(8-6-24)27-9-11-28(12-10-27)31(3,4)32(33,34)35/h5-16,23,29H,17-22H2,1-4H3,(H,37,40). The maximum Gasteiger partial charge on any atom is 0.397 e. The van der Waals surface area contributed by atoms with Gasteiger partial charge in [-0.2, -0.15) is 13.2 Å². The Kier molecular flexibility index (Phi) is 9.31. The monoisotopic (exact) mass is 552 g/mol. The van der Waals surface area contributed by atoms with E-state index in [0.717, 1.165) is 49.4 Å². The average molecular weight is 553 g/mol. The van der Waals surface area contributed by atoms with Crippen LogP contribution in [0.4, 0.5) is 13.2 Å². The Morgan fingerprint density at radius 3 is 2.05 bits per heavy atom. The molecule has 0 radical (unpaired) electrons. The first-order valence-corrected chi connectivity index (χ1v) is 13.8. The van der Waals surface area contributed by atoms with Gasteiger partial charge in [-0.25, -0.2) is 0 Å². The van der Waals surface area contributed by atoms with E-state index in [4.69, 9.17) is 0 Å². The van der Waals surface area contributed by atoms with Gasteiger partial charge in [-0.1, -0.05) is 48.5 Å². The molecule has 2 aromatic carbocycles. The second-order valence-corrected chi connectivity index (χ2v) is 11.5. The summed E-state index contributed by atoms with van der Waals surface area (Å²) >= 11 is 0. The van der Waals surface area contributed by atoms with E-state index in [9.17, 15) is 18.0 Å². The highest BCUT2D eigenvalue weighted by Crippen LogP contribution is 2.40. The summed E-state index contributed by atoms with van der Waals surface area (Å²) in [6.07, 6.45) is -0.265. The van der Waals surface area contributed by atoms with Crippen molar-refractivity contribution in [2.75, 3.05) is 19.6 Å². The number of pyridine rings is 1. The number of amides is 1. The van der Waals surface area contributed by atoms with Crippen LogP contribution in [0.15, 0.2) is 73.1 Å². The Hall–Kier alpha value is -3.23. The third-order valence-corrected chi connectivity index (χ3v) is 7.70. The summed E-state index contributed by atoms with van der Waals surface area (Å²) in [6, 6.07) is 19.0. The highest BCUT2D eigenvalue weighted by atomic mass is 19.4. The highest BCUT2D eigenvalue weighted by molar-refractivity contribution is 5.76. The zero-order valence-electron chi connectivity index (χ0n) is 23.7. The van der Waals surface area contributed by atoms with Crippen LogP contribution in [0.5, 0.6) is 0 Å². The molecule has 1 atom stereocenters. The second-order valence-electron chi connectivity index (χ2n) is 11.5. The molecule has 4 rings (SSSR count). The Morgan fingerprint density at radius 2 is 1.48 bits per heavy atom. The molecule has 1 amide bonds. The molecule has 8 heteroatoms. The molecule has 3 aromatic rings. The van der Waals surface area contributed by atoms with Crippen LogP contribution in [0.25, 0.3) is 11.1 Å². The number of alkyl halides is 3. The van der Waals surface area contributed by atoms with Gasteiger partial charge in [-0.15, -0.1) is 0 Å². The minimum atomic E-state index is -4.31. The van der Waals surface area contributed by atoms with E-state index in [1.165, 1.54) is 19.4 Å². The van der Waals surface area contributed by atoms with Gasteiger partial charge < -0.3 is 5.32 Å². The first-order valence-electron chi connectivity index (χ1n) is 13.8. The molecule has 0 spiro atoms. The van der Waals surface area contributed by atoms with E-state index < -0.39 is 11.6 Å². The lowest BCUT2D eigenvalue weighted by molar-refractivity contribution is -0.180. The molecule has 214 valence electrons. The zero-order chi connectivity index (χ0) is 28.9. The van der Waals surface area contributed by atoms with Gasteiger partial charge in [0.1, 0.15) is 0 Å². The number of hydrogen-bond donors (Lipinski definition) is 1. The van der Waals surface area contributed by atoms with Gasteiger partial charge >= 0.3 is 6.18 Å². The predicted octanol–water partition coefficient (Wildman–Crippen LogP) is 6.19. The molecule has 5 nitrogen and oxygen atoms in total. The quantitative estimate of drug-likeness (QED) is 0.344. The fourth-order valence-corrected chi connectivity index (χ4v) is 5.12. The third kappa shape index (κ3) is 7.49. The van der Waals surface area contributed by atoms with Gasteiger partial charge in [0.2, 0.25) is 5.91 Å². The Balaban J connectivity index is 1.44. The molecule has 40 heavy (non-hydrogen) atoms. The van der Waals surface area contributed by atoms with Crippen LogP contribution in [-0.2, 0) is 23.3 Å². The minimum Gasteiger partial charge on any atom is -0.354 e. The van der Waals surface area contributed by atoms with Crippen LogP contribution in [0, 0.1) is 0 Å². The second kappa shape index (κ2) is 12.5. The predicted molar refractivity (Wildman–Crippen MR) is 153 cm³/mol. The topological polar surface area (TPSA) is 48.5 Å². The molecule has 0 saturated carbocycles. The number of halogens is 3. The maximum absolute atomic E-state index is 13.4. The number of carbonyl (C=O) groups excluding carboxylic acids is 1. The van der Waals surface area contributed by atoms with Crippen molar-refractivity contribution in [1.29, 1.82) is 0 Å². The molecule has 1 aliphatic rings. The Bertz CT molecular complexity index is 1240. The molecule has 1 aromatic heterocycles. The summed E-state index contributed by atoms with van der Waals surface area (Å²) in [4.78, 5) is 21.6. The zero-order valence-corrected chi connectivity index (χ0v) is 23.7. The van der Waals surface area contributed by atoms with Gasteiger partial charge in [-0.05, 0) is 67.6 Å². The summed E-state index contributed by atoms with van der Waals surface area (Å²) < 4.78 is 40.3. The van der Waals surface area contributed by atoms with Crippen molar-refractivity contribution >= 4 is 5.91 Å². The van der Waals surface area contributed by atoms with Crippen molar-refractivity contribution in [3.05, 3.63) is 89.7 Å². The molecular formula is C32H39F3N4O. The maximum atomic E-state index is 13.4. The molecule has 0 bridgehead atoms. The van der Waals surface area contributed by atoms with E-state index in [0.29, 0.717) is 6.42 Å². The number of nitrogens with one attached hydrogen (secondary N) is 1. The van der Waals surface area contributed by atoms with E-state index in [1.54, 1.807) is 36.7 Å². The third-order valence-electron chi connectivity index (χ3n) is 7.70. The van der Waals surface area contributed by atoms with E-state index in [1.807, 2.05) is 38.1 Å². The summed E-state index contributed by atoms with van der Waals surface area (Å²) in [5, 5.41) is 3.03. The van der Waals surface area contributed by atoms with Crippen molar-refractivity contribution in [2.24, 2.45) is 0 Å². The number of nitrogens with zero attached hydrogens (tertiary/aromatic N) is 3. The number of aromatic nitrogens is 1. The molecule has 1 fully saturated rings. The number of piperazine rings is 1. The van der Waals surface area contributed by atoms with Crippen LogP contribution in [0.3, 0.4) is 0 Å². The van der Waals surface area contributed by atoms with E-state index >= 15 is 0 Å². The van der Waals surface area contributed by atoms with Gasteiger partial charge in [0.05, 0.1) is 5.41 Å². The first-order chi connectivity index (χ1) is 18.9. The lowest BCUT2D eigenvalue weighted by atomic mass is 9.83. The summed E-state index contributed by atoms with van der Waals surface area (Å²) in [6.45, 7) is 10.5. The molecule has 1 unspecified atom stereocenters. The molecule has 1 aliphatic heterocycles. The van der Waals surface area contributed by atoms with Crippen molar-refractivity contribution in [3.63, 3.8) is 0 Å². The van der Waals surface area contributed by atoms with Crippen LogP contribution >= 0.6 is 0 Å². The normalized spacial score (nSPS) is 17.2. The van der Waals surface area contributed by atoms with Crippen molar-refractivity contribution in [2.45, 2.75) is 70.9 Å². The lowest BCUT2D eigenvalue weighted by Crippen LogP contribution is -2.53. The number of benzene rings is 2. The Morgan fingerprint density at radius 1 is 0.900 bits per heavy atom. The first kappa shape index (κ1) is 29.7. The van der Waals surface area contributed by atoms with Gasteiger partial charge in [0.25, 0.3) is 0 Å². The Labute approximate surface area is 235 Å². The van der Waals surface area contributed by atoms with Crippen LogP contribution in [0.1, 0.15) is 50.8 Å². The van der Waals surface area contributed by atoms with Crippen molar-refractivity contribution < 1.29 is 18.0 Å². The average Bonchev–Trinajstić information content (AvgIpc) is 2.90. The highest BCUT2D eigenvalue weighted by Gasteiger charge is 2.48. The largest absolute Gasteiger partial charge is 0.397 e.